The average molecular weight is 488 g/mol. The van der Waals surface area contributed by atoms with Gasteiger partial charge in [-0.2, -0.15) is 5.06 Å². The first kappa shape index (κ1) is 26.3. The lowest BCUT2D eigenvalue weighted by molar-refractivity contribution is -0.166. The minimum atomic E-state index is -0.344. The van der Waals surface area contributed by atoms with Crippen LogP contribution in [0.25, 0.3) is 0 Å². The van der Waals surface area contributed by atoms with Crippen molar-refractivity contribution in [2.45, 2.75) is 63.4 Å². The summed E-state index contributed by atoms with van der Waals surface area (Å²) in [5, 5.41) is 12.8. The summed E-state index contributed by atoms with van der Waals surface area (Å²) in [6.07, 6.45) is 3.86. The van der Waals surface area contributed by atoms with E-state index >= 15 is 0 Å². The summed E-state index contributed by atoms with van der Waals surface area (Å²) in [7, 11) is 0. The Morgan fingerprint density at radius 1 is 0.694 bits per heavy atom. The van der Waals surface area contributed by atoms with Crippen LogP contribution in [0.2, 0.25) is 0 Å². The normalized spacial score (nSPS) is 22.0. The summed E-state index contributed by atoms with van der Waals surface area (Å²) in [5.41, 5.74) is 3.28. The highest BCUT2D eigenvalue weighted by atomic mass is 16.6. The molecular formula is C31H37NO4. The quantitative estimate of drug-likeness (QED) is 0.218. The maximum Gasteiger partial charge on any atom is 0.106 e. The number of hydrogen-bond donors (Lipinski definition) is 1. The molecule has 5 heteroatoms. The fourth-order valence-electron chi connectivity index (χ4n) is 4.74. The van der Waals surface area contributed by atoms with E-state index in [1.807, 2.05) is 84.9 Å². The smallest absolute Gasteiger partial charge is 0.106 e. The van der Waals surface area contributed by atoms with E-state index in [2.05, 4.69) is 18.7 Å². The highest BCUT2D eigenvalue weighted by Gasteiger charge is 2.50. The molecule has 0 unspecified atom stereocenters. The summed E-state index contributed by atoms with van der Waals surface area (Å²) < 4.78 is 19.1. The van der Waals surface area contributed by atoms with Gasteiger partial charge in [-0.1, -0.05) is 97.1 Å². The summed E-state index contributed by atoms with van der Waals surface area (Å²) in [4.78, 5) is 0. The van der Waals surface area contributed by atoms with Crippen LogP contribution in [0.5, 0.6) is 0 Å². The molecule has 1 fully saturated rings. The lowest BCUT2D eigenvalue weighted by Gasteiger charge is -2.26. The van der Waals surface area contributed by atoms with Gasteiger partial charge in [-0.3, -0.25) is 0 Å². The molecule has 0 spiro atoms. The molecule has 1 aliphatic heterocycles. The molecule has 1 aliphatic rings. The highest BCUT2D eigenvalue weighted by molar-refractivity contribution is 5.16. The molecule has 0 radical (unpaired) electrons. The van der Waals surface area contributed by atoms with Gasteiger partial charge in [0.15, 0.2) is 0 Å². The number of nitrogens with zero attached hydrogens (tertiary/aromatic N) is 1. The van der Waals surface area contributed by atoms with Gasteiger partial charge in [-0.25, -0.2) is 0 Å². The molecule has 1 saturated heterocycles. The fraction of sp³-hybridized carbons (Fsp3) is 0.355. The van der Waals surface area contributed by atoms with Crippen LogP contribution in [0.15, 0.2) is 104 Å². The lowest BCUT2D eigenvalue weighted by Crippen LogP contribution is -2.40. The van der Waals surface area contributed by atoms with E-state index in [4.69, 9.17) is 14.2 Å². The first-order chi connectivity index (χ1) is 17.8. The Morgan fingerprint density at radius 2 is 1.17 bits per heavy atom. The van der Waals surface area contributed by atoms with Crippen molar-refractivity contribution in [2.24, 2.45) is 0 Å². The number of ether oxygens (including phenoxy) is 3. The van der Waals surface area contributed by atoms with Gasteiger partial charge in [-0.05, 0) is 36.0 Å². The topological polar surface area (TPSA) is 51.2 Å². The molecule has 4 atom stereocenters. The number of allylic oxidation sites excluding steroid dienone is 1. The summed E-state index contributed by atoms with van der Waals surface area (Å²) in [6, 6.07) is 29.8. The average Bonchev–Trinajstić information content (AvgIpc) is 3.18. The fourth-order valence-corrected chi connectivity index (χ4v) is 4.74. The maximum atomic E-state index is 11.3. The van der Waals surface area contributed by atoms with Crippen LogP contribution in [-0.2, 0) is 34.0 Å². The van der Waals surface area contributed by atoms with Crippen molar-refractivity contribution < 1.29 is 19.4 Å². The van der Waals surface area contributed by atoms with Gasteiger partial charge in [-0.15, -0.1) is 6.58 Å². The zero-order valence-corrected chi connectivity index (χ0v) is 20.8. The molecule has 1 heterocycles. The number of unbranched alkanes of at least 4 members (excludes halogenated alkanes) is 1. The molecule has 4 rings (SSSR count). The summed E-state index contributed by atoms with van der Waals surface area (Å²) in [6.45, 7) is 5.57. The maximum absolute atomic E-state index is 11.3. The molecule has 0 amide bonds. The molecular weight excluding hydrogens is 450 g/mol. The van der Waals surface area contributed by atoms with Crippen LogP contribution in [0.4, 0.5) is 0 Å². The molecule has 5 nitrogen and oxygen atoms in total. The Morgan fingerprint density at radius 3 is 1.67 bits per heavy atom. The molecule has 36 heavy (non-hydrogen) atoms. The molecule has 0 bridgehead atoms. The number of hydrogen-bond acceptors (Lipinski definition) is 5. The van der Waals surface area contributed by atoms with E-state index in [1.54, 1.807) is 0 Å². The zero-order chi connectivity index (χ0) is 25.0. The second kappa shape index (κ2) is 14.1. The first-order valence-corrected chi connectivity index (χ1v) is 12.8. The molecule has 0 aliphatic carbocycles. The predicted molar refractivity (Wildman–Crippen MR) is 141 cm³/mol. The van der Waals surface area contributed by atoms with Crippen molar-refractivity contribution in [3.05, 3.63) is 120 Å². The number of rotatable bonds is 14. The third-order valence-electron chi connectivity index (χ3n) is 6.64. The van der Waals surface area contributed by atoms with Crippen molar-refractivity contribution in [3.8, 4) is 0 Å². The summed E-state index contributed by atoms with van der Waals surface area (Å²) >= 11 is 0. The van der Waals surface area contributed by atoms with E-state index < -0.39 is 0 Å². The van der Waals surface area contributed by atoms with Gasteiger partial charge >= 0.3 is 0 Å². The molecule has 190 valence electrons. The standard InChI is InChI=1S/C31H37NO4/c1-2-3-7-20-28-30(35-22-26-16-10-5-11-17-26)31(36-23-27-18-12-6-13-19-27)29(32(28)33)24-34-21-25-14-8-4-9-15-25/h2,4-6,8-19,28-31,33H,1,3,7,20-24H2/t28-,29-,30-,31-/m1/s1. The molecule has 0 saturated carbocycles. The van der Waals surface area contributed by atoms with Crippen molar-refractivity contribution >= 4 is 0 Å². The van der Waals surface area contributed by atoms with Crippen molar-refractivity contribution in [2.75, 3.05) is 6.61 Å². The van der Waals surface area contributed by atoms with Crippen LogP contribution in [-0.4, -0.2) is 41.2 Å². The van der Waals surface area contributed by atoms with Crippen molar-refractivity contribution in [1.82, 2.24) is 5.06 Å². The predicted octanol–water partition coefficient (Wildman–Crippen LogP) is 6.17. The third-order valence-corrected chi connectivity index (χ3v) is 6.64. The van der Waals surface area contributed by atoms with E-state index in [0.29, 0.717) is 26.4 Å². The second-order valence-electron chi connectivity index (χ2n) is 9.26. The van der Waals surface area contributed by atoms with Gasteiger partial charge in [0, 0.05) is 0 Å². The van der Waals surface area contributed by atoms with Crippen molar-refractivity contribution in [3.63, 3.8) is 0 Å². The molecule has 3 aromatic carbocycles. The van der Waals surface area contributed by atoms with Crippen LogP contribution in [0.3, 0.4) is 0 Å². The largest absolute Gasteiger partial charge is 0.375 e. The highest BCUT2D eigenvalue weighted by Crippen LogP contribution is 2.33. The Bertz CT molecular complexity index is 1010. The van der Waals surface area contributed by atoms with Gasteiger partial charge in [0.1, 0.15) is 12.2 Å². The Labute approximate surface area is 214 Å². The Balaban J connectivity index is 1.51. The minimum Gasteiger partial charge on any atom is -0.375 e. The van der Waals surface area contributed by atoms with Crippen LogP contribution < -0.4 is 0 Å². The van der Waals surface area contributed by atoms with Gasteiger partial charge in [0.25, 0.3) is 0 Å². The first-order valence-electron chi connectivity index (χ1n) is 12.8. The van der Waals surface area contributed by atoms with Gasteiger partial charge < -0.3 is 19.4 Å². The lowest BCUT2D eigenvalue weighted by atomic mass is 10.0. The van der Waals surface area contributed by atoms with E-state index in [9.17, 15) is 5.21 Å². The summed E-state index contributed by atoms with van der Waals surface area (Å²) in [5.74, 6) is 0. The van der Waals surface area contributed by atoms with Gasteiger partial charge in [0.2, 0.25) is 0 Å². The SMILES string of the molecule is C=CCCC[C@@H]1[C@@H](OCc2ccccc2)[C@H](OCc2ccccc2)[C@@H](COCc2ccccc2)N1O. The zero-order valence-electron chi connectivity index (χ0n) is 20.8. The van der Waals surface area contributed by atoms with Crippen molar-refractivity contribution in [1.29, 1.82) is 0 Å². The van der Waals surface area contributed by atoms with Crippen LogP contribution in [0.1, 0.15) is 36.0 Å². The Hall–Kier alpha value is -2.80. The second-order valence-corrected chi connectivity index (χ2v) is 9.26. The third kappa shape index (κ3) is 7.36. The molecule has 1 N–H and O–H groups in total. The molecule has 0 aromatic heterocycles. The van der Waals surface area contributed by atoms with E-state index in [-0.39, 0.29) is 24.3 Å². The monoisotopic (exact) mass is 487 g/mol. The Kier molecular flexibility index (Phi) is 10.3. The number of hydroxylamine groups is 2. The minimum absolute atomic E-state index is 0.195. The number of benzene rings is 3. The van der Waals surface area contributed by atoms with Crippen LogP contribution in [0, 0.1) is 0 Å². The van der Waals surface area contributed by atoms with Crippen LogP contribution >= 0.6 is 0 Å². The van der Waals surface area contributed by atoms with E-state index in [0.717, 1.165) is 36.0 Å². The van der Waals surface area contributed by atoms with E-state index in [1.165, 1.54) is 5.06 Å². The molecule has 3 aromatic rings. The van der Waals surface area contributed by atoms with Gasteiger partial charge in [0.05, 0.1) is 38.5 Å².